The number of benzene rings is 2. The fourth-order valence-corrected chi connectivity index (χ4v) is 2.61. The smallest absolute Gasteiger partial charge is 0.408 e. The van der Waals surface area contributed by atoms with Crippen molar-refractivity contribution in [2.75, 3.05) is 11.9 Å². The summed E-state index contributed by atoms with van der Waals surface area (Å²) < 4.78 is 18.7. The molecular weight excluding hydrogens is 401 g/mol. The van der Waals surface area contributed by atoms with Crippen molar-refractivity contribution in [3.8, 4) is 0 Å². The van der Waals surface area contributed by atoms with E-state index in [0.29, 0.717) is 17.7 Å². The maximum Gasteiger partial charge on any atom is 0.408 e. The Balaban J connectivity index is 1.71. The van der Waals surface area contributed by atoms with E-state index < -0.39 is 11.7 Å². The van der Waals surface area contributed by atoms with E-state index in [1.165, 1.54) is 6.07 Å². The van der Waals surface area contributed by atoms with Crippen molar-refractivity contribution in [2.24, 2.45) is 0 Å². The van der Waals surface area contributed by atoms with Gasteiger partial charge in [0.2, 0.25) is 11.8 Å². The molecule has 2 rings (SSSR count). The highest BCUT2D eigenvalue weighted by atomic mass is 19.1. The normalized spacial score (nSPS) is 10.8. The van der Waals surface area contributed by atoms with E-state index in [-0.39, 0.29) is 37.1 Å². The zero-order valence-corrected chi connectivity index (χ0v) is 18.0. The number of hydrogen-bond acceptors (Lipinski definition) is 4. The second kappa shape index (κ2) is 11.1. The van der Waals surface area contributed by atoms with E-state index in [4.69, 9.17) is 4.74 Å². The van der Waals surface area contributed by atoms with Gasteiger partial charge in [0.05, 0.1) is 0 Å². The molecule has 0 saturated heterocycles. The molecule has 0 fully saturated rings. The molecule has 31 heavy (non-hydrogen) atoms. The minimum absolute atomic E-state index is 0.170. The van der Waals surface area contributed by atoms with Crippen LogP contribution < -0.4 is 16.0 Å². The average molecular weight is 429 g/mol. The molecule has 0 aliphatic rings. The topological polar surface area (TPSA) is 96.5 Å². The van der Waals surface area contributed by atoms with Crippen molar-refractivity contribution in [3.63, 3.8) is 0 Å². The van der Waals surface area contributed by atoms with Gasteiger partial charge in [-0.05, 0) is 56.5 Å². The number of anilines is 1. The summed E-state index contributed by atoms with van der Waals surface area (Å²) in [5.74, 6) is -0.878. The van der Waals surface area contributed by atoms with Gasteiger partial charge in [-0.2, -0.15) is 0 Å². The minimum Gasteiger partial charge on any atom is -0.444 e. The molecule has 0 aliphatic heterocycles. The molecular formula is C23H28FN3O4. The van der Waals surface area contributed by atoms with Crippen molar-refractivity contribution in [3.05, 3.63) is 65.5 Å². The van der Waals surface area contributed by atoms with Gasteiger partial charge in [0.25, 0.3) is 0 Å². The molecule has 0 unspecified atom stereocenters. The molecule has 0 aliphatic carbocycles. The summed E-state index contributed by atoms with van der Waals surface area (Å²) in [7, 11) is 0. The van der Waals surface area contributed by atoms with Gasteiger partial charge >= 0.3 is 6.09 Å². The first-order chi connectivity index (χ1) is 14.6. The predicted octanol–water partition coefficient (Wildman–Crippen LogP) is 3.54. The zero-order chi connectivity index (χ0) is 22.9. The van der Waals surface area contributed by atoms with Gasteiger partial charge in [0.1, 0.15) is 18.0 Å². The second-order valence-electron chi connectivity index (χ2n) is 7.97. The van der Waals surface area contributed by atoms with Gasteiger partial charge in [-0.15, -0.1) is 0 Å². The summed E-state index contributed by atoms with van der Waals surface area (Å²) in [6, 6.07) is 13.4. The lowest BCUT2D eigenvalue weighted by Gasteiger charge is -2.19. The van der Waals surface area contributed by atoms with Crippen LogP contribution in [0.15, 0.2) is 48.5 Å². The molecule has 3 N–H and O–H groups in total. The number of rotatable bonds is 8. The lowest BCUT2D eigenvalue weighted by atomic mass is 10.1. The lowest BCUT2D eigenvalue weighted by molar-refractivity contribution is -0.120. The SMILES string of the molecule is CC(C)(C)OC(=O)NCC(=O)NCc1ccc(NC(=O)CCc2ccccc2F)cc1. The highest BCUT2D eigenvalue weighted by Crippen LogP contribution is 2.12. The van der Waals surface area contributed by atoms with Crippen molar-refractivity contribution >= 4 is 23.6 Å². The highest BCUT2D eigenvalue weighted by Gasteiger charge is 2.16. The van der Waals surface area contributed by atoms with Crippen LogP contribution >= 0.6 is 0 Å². The first-order valence-corrected chi connectivity index (χ1v) is 9.98. The molecule has 166 valence electrons. The number of alkyl carbamates (subject to hydrolysis) is 1. The predicted molar refractivity (Wildman–Crippen MR) is 116 cm³/mol. The molecule has 0 radical (unpaired) electrons. The Hall–Kier alpha value is -3.42. The molecule has 3 amide bonds. The number of amides is 3. The van der Waals surface area contributed by atoms with Gasteiger partial charge in [-0.25, -0.2) is 9.18 Å². The minimum atomic E-state index is -0.655. The fraction of sp³-hybridized carbons (Fsp3) is 0.348. The first kappa shape index (κ1) is 23.9. The fourth-order valence-electron chi connectivity index (χ4n) is 2.61. The van der Waals surface area contributed by atoms with Gasteiger partial charge in [-0.3, -0.25) is 9.59 Å². The van der Waals surface area contributed by atoms with Crippen LogP contribution in [0.4, 0.5) is 14.9 Å². The number of hydrogen-bond donors (Lipinski definition) is 3. The largest absolute Gasteiger partial charge is 0.444 e. The third-order valence-corrected chi connectivity index (χ3v) is 4.10. The third kappa shape index (κ3) is 9.29. The summed E-state index contributed by atoms with van der Waals surface area (Å²) >= 11 is 0. The monoisotopic (exact) mass is 429 g/mol. The Morgan fingerprint density at radius 3 is 2.26 bits per heavy atom. The van der Waals surface area contributed by atoms with E-state index in [1.54, 1.807) is 63.2 Å². The number of halogens is 1. The Kier molecular flexibility index (Phi) is 8.54. The molecule has 2 aromatic rings. The van der Waals surface area contributed by atoms with Gasteiger partial charge in [0.15, 0.2) is 0 Å². The standard InChI is InChI=1S/C23H28FN3O4/c1-23(2,3)31-22(30)26-15-21(29)25-14-16-8-11-18(12-9-16)27-20(28)13-10-17-6-4-5-7-19(17)24/h4-9,11-12H,10,13-15H2,1-3H3,(H,25,29)(H,26,30)(H,27,28). The van der Waals surface area contributed by atoms with E-state index in [1.807, 2.05) is 0 Å². The quantitative estimate of drug-likeness (QED) is 0.598. The van der Waals surface area contributed by atoms with Crippen molar-refractivity contribution in [2.45, 2.75) is 45.8 Å². The Morgan fingerprint density at radius 1 is 0.935 bits per heavy atom. The van der Waals surface area contributed by atoms with Crippen LogP contribution in [0.1, 0.15) is 38.3 Å². The molecule has 0 atom stereocenters. The first-order valence-electron chi connectivity index (χ1n) is 9.98. The van der Waals surface area contributed by atoms with Crippen LogP contribution in [0.5, 0.6) is 0 Å². The van der Waals surface area contributed by atoms with E-state index in [0.717, 1.165) is 5.56 Å². The summed E-state index contributed by atoms with van der Waals surface area (Å²) in [5, 5.41) is 7.84. The van der Waals surface area contributed by atoms with Crippen LogP contribution in [-0.2, 0) is 27.3 Å². The van der Waals surface area contributed by atoms with E-state index >= 15 is 0 Å². The van der Waals surface area contributed by atoms with Crippen LogP contribution in [0.25, 0.3) is 0 Å². The Bertz CT molecular complexity index is 908. The van der Waals surface area contributed by atoms with Crippen LogP contribution in [0.3, 0.4) is 0 Å². The van der Waals surface area contributed by atoms with E-state index in [2.05, 4.69) is 16.0 Å². The van der Waals surface area contributed by atoms with Gasteiger partial charge in [-0.1, -0.05) is 30.3 Å². The molecule has 0 aromatic heterocycles. The number of carbonyl (C=O) groups is 3. The Labute approximate surface area is 181 Å². The molecule has 2 aromatic carbocycles. The molecule has 7 nitrogen and oxygen atoms in total. The number of carbonyl (C=O) groups excluding carboxylic acids is 3. The van der Waals surface area contributed by atoms with Crippen molar-refractivity contribution < 1.29 is 23.5 Å². The van der Waals surface area contributed by atoms with Gasteiger partial charge in [0, 0.05) is 18.7 Å². The number of nitrogens with one attached hydrogen (secondary N) is 3. The highest BCUT2D eigenvalue weighted by molar-refractivity contribution is 5.90. The summed E-state index contributed by atoms with van der Waals surface area (Å²) in [5.41, 5.74) is 1.32. The van der Waals surface area contributed by atoms with Crippen molar-refractivity contribution in [1.29, 1.82) is 0 Å². The van der Waals surface area contributed by atoms with Crippen molar-refractivity contribution in [1.82, 2.24) is 10.6 Å². The molecule has 8 heteroatoms. The molecule has 0 saturated carbocycles. The number of aryl methyl sites for hydroxylation is 1. The molecule has 0 heterocycles. The zero-order valence-electron chi connectivity index (χ0n) is 18.0. The average Bonchev–Trinajstić information content (AvgIpc) is 2.70. The summed E-state index contributed by atoms with van der Waals surface area (Å²) in [6.45, 7) is 5.30. The molecule has 0 bridgehead atoms. The van der Waals surface area contributed by atoms with Crippen LogP contribution in [0, 0.1) is 5.82 Å². The maximum atomic E-state index is 13.6. The lowest BCUT2D eigenvalue weighted by Crippen LogP contribution is -2.39. The van der Waals surface area contributed by atoms with Gasteiger partial charge < -0.3 is 20.7 Å². The summed E-state index contributed by atoms with van der Waals surface area (Å²) in [6.07, 6.45) is -0.165. The molecule has 0 spiro atoms. The number of ether oxygens (including phenoxy) is 1. The Morgan fingerprint density at radius 2 is 1.61 bits per heavy atom. The maximum absolute atomic E-state index is 13.6. The second-order valence-corrected chi connectivity index (χ2v) is 7.97. The summed E-state index contributed by atoms with van der Waals surface area (Å²) in [4.78, 5) is 35.5. The third-order valence-electron chi connectivity index (χ3n) is 4.10. The van der Waals surface area contributed by atoms with E-state index in [9.17, 15) is 18.8 Å². The van der Waals surface area contributed by atoms with Crippen LogP contribution in [0.2, 0.25) is 0 Å². The van der Waals surface area contributed by atoms with Crippen LogP contribution in [-0.4, -0.2) is 30.1 Å².